The lowest BCUT2D eigenvalue weighted by molar-refractivity contribution is -0.0498. The summed E-state index contributed by atoms with van der Waals surface area (Å²) in [5.41, 5.74) is 1.43. The summed E-state index contributed by atoms with van der Waals surface area (Å²) in [6, 6.07) is 16.4. The zero-order chi connectivity index (χ0) is 19.9. The standard InChI is InChI=1S/C20H16F2N4O2/c21-20(22)28-16-8-6-15(7-9-16)26-13-11-18(27)19(25-26)17(10-12-23)24-14-4-2-1-3-5-14/h1-13,20,23-24H/b17-10-,23-12?. The fourth-order valence-electron chi connectivity index (χ4n) is 2.46. The molecule has 0 aliphatic rings. The summed E-state index contributed by atoms with van der Waals surface area (Å²) in [6.45, 7) is -2.90. The van der Waals surface area contributed by atoms with Crippen LogP contribution in [0.15, 0.2) is 77.7 Å². The number of alkyl halides is 2. The zero-order valence-corrected chi connectivity index (χ0v) is 14.5. The minimum atomic E-state index is -2.90. The zero-order valence-electron chi connectivity index (χ0n) is 14.5. The number of allylic oxidation sites excluding steroid dienone is 1. The van der Waals surface area contributed by atoms with Crippen LogP contribution in [0.4, 0.5) is 14.5 Å². The molecule has 0 saturated heterocycles. The number of para-hydroxylation sites is 1. The first kappa shape index (κ1) is 19.0. The molecule has 8 heteroatoms. The number of aromatic nitrogens is 2. The van der Waals surface area contributed by atoms with E-state index in [0.717, 1.165) is 11.9 Å². The number of anilines is 1. The second-order valence-corrected chi connectivity index (χ2v) is 5.58. The third-order valence-corrected chi connectivity index (χ3v) is 3.69. The molecule has 3 rings (SSSR count). The highest BCUT2D eigenvalue weighted by Gasteiger charge is 2.11. The summed E-state index contributed by atoms with van der Waals surface area (Å²) in [7, 11) is 0. The first-order valence-corrected chi connectivity index (χ1v) is 8.25. The molecule has 6 nitrogen and oxygen atoms in total. The van der Waals surface area contributed by atoms with Crippen LogP contribution in [0.25, 0.3) is 11.4 Å². The van der Waals surface area contributed by atoms with E-state index in [1.165, 1.54) is 35.2 Å². The van der Waals surface area contributed by atoms with Gasteiger partial charge in [-0.1, -0.05) is 18.2 Å². The Morgan fingerprint density at radius 3 is 2.46 bits per heavy atom. The largest absolute Gasteiger partial charge is 0.435 e. The van der Waals surface area contributed by atoms with E-state index >= 15 is 0 Å². The molecule has 0 aliphatic heterocycles. The third-order valence-electron chi connectivity index (χ3n) is 3.69. The average molecular weight is 382 g/mol. The number of benzene rings is 2. The van der Waals surface area contributed by atoms with Crippen LogP contribution in [0.3, 0.4) is 0 Å². The van der Waals surface area contributed by atoms with Crippen LogP contribution in [0.2, 0.25) is 0 Å². The van der Waals surface area contributed by atoms with Gasteiger partial charge < -0.3 is 15.5 Å². The van der Waals surface area contributed by atoms with Gasteiger partial charge >= 0.3 is 6.61 Å². The van der Waals surface area contributed by atoms with Crippen molar-refractivity contribution in [1.29, 1.82) is 5.41 Å². The Bertz CT molecular complexity index is 1030. The molecule has 28 heavy (non-hydrogen) atoms. The van der Waals surface area contributed by atoms with E-state index in [2.05, 4.69) is 15.2 Å². The van der Waals surface area contributed by atoms with E-state index in [9.17, 15) is 13.6 Å². The topological polar surface area (TPSA) is 80.0 Å². The Morgan fingerprint density at radius 2 is 1.82 bits per heavy atom. The second kappa shape index (κ2) is 8.72. The predicted octanol–water partition coefficient (Wildman–Crippen LogP) is 3.94. The molecule has 142 valence electrons. The predicted molar refractivity (Wildman–Crippen MR) is 103 cm³/mol. The first-order valence-electron chi connectivity index (χ1n) is 8.25. The van der Waals surface area contributed by atoms with Crippen LogP contribution in [0.1, 0.15) is 5.69 Å². The molecule has 0 radical (unpaired) electrons. The van der Waals surface area contributed by atoms with Gasteiger partial charge in [-0.25, -0.2) is 4.68 Å². The fraction of sp³-hybridized carbons (Fsp3) is 0.0500. The van der Waals surface area contributed by atoms with Crippen LogP contribution in [0, 0.1) is 5.41 Å². The van der Waals surface area contributed by atoms with Gasteiger partial charge in [-0.3, -0.25) is 4.79 Å². The molecule has 1 aromatic heterocycles. The first-order chi connectivity index (χ1) is 13.6. The highest BCUT2D eigenvalue weighted by Crippen LogP contribution is 2.18. The van der Waals surface area contributed by atoms with Gasteiger partial charge in [-0.2, -0.15) is 13.9 Å². The molecule has 0 bridgehead atoms. The van der Waals surface area contributed by atoms with E-state index in [0.29, 0.717) is 11.4 Å². The lowest BCUT2D eigenvalue weighted by Crippen LogP contribution is -2.18. The number of nitrogens with zero attached hydrogens (tertiary/aromatic N) is 2. The SMILES string of the molecule is N=C/C=C(\Nc1ccccc1)c1nn(-c2ccc(OC(F)F)cc2)ccc1=O. The van der Waals surface area contributed by atoms with E-state index in [4.69, 9.17) is 5.41 Å². The molecule has 0 amide bonds. The third kappa shape index (κ3) is 4.67. The smallest absolute Gasteiger partial charge is 0.387 e. The Kier molecular flexibility index (Phi) is 5.91. The summed E-state index contributed by atoms with van der Waals surface area (Å²) in [5, 5.41) is 14.8. The number of nitrogens with one attached hydrogen (secondary N) is 2. The lowest BCUT2D eigenvalue weighted by Gasteiger charge is -2.12. The molecule has 2 N–H and O–H groups in total. The summed E-state index contributed by atoms with van der Waals surface area (Å²) < 4.78 is 30.3. The van der Waals surface area contributed by atoms with Gasteiger partial charge in [-0.05, 0) is 42.5 Å². The van der Waals surface area contributed by atoms with Crippen molar-refractivity contribution in [2.24, 2.45) is 0 Å². The van der Waals surface area contributed by atoms with Gasteiger partial charge in [-0.15, -0.1) is 0 Å². The lowest BCUT2D eigenvalue weighted by atomic mass is 10.2. The minimum absolute atomic E-state index is 0.0233. The van der Waals surface area contributed by atoms with E-state index < -0.39 is 6.61 Å². The van der Waals surface area contributed by atoms with Crippen LogP contribution in [0.5, 0.6) is 5.75 Å². The molecule has 0 aliphatic carbocycles. The highest BCUT2D eigenvalue weighted by atomic mass is 19.3. The van der Waals surface area contributed by atoms with Crippen molar-refractivity contribution in [3.05, 3.63) is 88.9 Å². The van der Waals surface area contributed by atoms with Gasteiger partial charge in [0.05, 0.1) is 11.4 Å². The molecule has 2 aromatic carbocycles. The normalized spacial score (nSPS) is 11.3. The van der Waals surface area contributed by atoms with Gasteiger partial charge in [0.2, 0.25) is 5.43 Å². The van der Waals surface area contributed by atoms with Crippen molar-refractivity contribution in [2.45, 2.75) is 6.61 Å². The van der Waals surface area contributed by atoms with Crippen molar-refractivity contribution < 1.29 is 13.5 Å². The molecule has 0 atom stereocenters. The van der Waals surface area contributed by atoms with Crippen molar-refractivity contribution in [2.75, 3.05) is 5.32 Å². The molecule has 0 spiro atoms. The molecular formula is C20H16F2N4O2. The van der Waals surface area contributed by atoms with E-state index in [-0.39, 0.29) is 16.9 Å². The summed E-state index contributed by atoms with van der Waals surface area (Å²) in [6.07, 6.45) is 3.96. The van der Waals surface area contributed by atoms with Crippen molar-refractivity contribution >= 4 is 17.6 Å². The number of rotatable bonds is 7. The van der Waals surface area contributed by atoms with Crippen LogP contribution < -0.4 is 15.5 Å². The molecule has 3 aromatic rings. The van der Waals surface area contributed by atoms with Crippen LogP contribution >= 0.6 is 0 Å². The quantitative estimate of drug-likeness (QED) is 0.607. The number of ether oxygens (including phenoxy) is 1. The van der Waals surface area contributed by atoms with Crippen molar-refractivity contribution in [1.82, 2.24) is 9.78 Å². The van der Waals surface area contributed by atoms with E-state index in [1.807, 2.05) is 30.3 Å². The molecule has 0 unspecified atom stereocenters. The highest BCUT2D eigenvalue weighted by molar-refractivity contribution is 5.86. The van der Waals surface area contributed by atoms with Gasteiger partial charge in [0.25, 0.3) is 0 Å². The maximum Gasteiger partial charge on any atom is 0.387 e. The summed E-state index contributed by atoms with van der Waals surface area (Å²) in [4.78, 5) is 12.3. The van der Waals surface area contributed by atoms with Gasteiger partial charge in [0.1, 0.15) is 5.75 Å². The Hall–Kier alpha value is -3.81. The Labute approximate surface area is 159 Å². The number of halogens is 2. The summed E-state index contributed by atoms with van der Waals surface area (Å²) in [5.74, 6) is 0.0233. The maximum atomic E-state index is 12.3. The second-order valence-electron chi connectivity index (χ2n) is 5.58. The maximum absolute atomic E-state index is 12.3. The fourth-order valence-corrected chi connectivity index (χ4v) is 2.46. The van der Waals surface area contributed by atoms with Crippen molar-refractivity contribution in [3.63, 3.8) is 0 Å². The molecular weight excluding hydrogens is 366 g/mol. The summed E-state index contributed by atoms with van der Waals surface area (Å²) >= 11 is 0. The Balaban J connectivity index is 1.94. The molecule has 0 saturated carbocycles. The van der Waals surface area contributed by atoms with E-state index in [1.54, 1.807) is 12.1 Å². The van der Waals surface area contributed by atoms with Gasteiger partial charge in [0.15, 0.2) is 5.69 Å². The van der Waals surface area contributed by atoms with Gasteiger partial charge in [0, 0.05) is 24.2 Å². The van der Waals surface area contributed by atoms with Crippen LogP contribution in [-0.2, 0) is 0 Å². The monoisotopic (exact) mass is 382 g/mol. The van der Waals surface area contributed by atoms with Crippen molar-refractivity contribution in [3.8, 4) is 11.4 Å². The number of hydrogen-bond donors (Lipinski definition) is 2. The average Bonchev–Trinajstić information content (AvgIpc) is 2.69. The molecule has 0 fully saturated rings. The van der Waals surface area contributed by atoms with Crippen LogP contribution in [-0.4, -0.2) is 22.6 Å². The molecule has 1 heterocycles. The Morgan fingerprint density at radius 1 is 1.11 bits per heavy atom. The number of hydrogen-bond acceptors (Lipinski definition) is 5. The minimum Gasteiger partial charge on any atom is -0.435 e.